The Hall–Kier alpha value is -0.540. The zero-order chi connectivity index (χ0) is 9.72. The largest absolute Gasteiger partial charge is 0.478 e. The zero-order valence-corrected chi connectivity index (χ0v) is 7.93. The maximum atomic E-state index is 10.4. The molecule has 1 atom stereocenters. The van der Waals surface area contributed by atoms with Crippen molar-refractivity contribution >= 4 is 17.6 Å². The Balaban J connectivity index is 4.26. The van der Waals surface area contributed by atoms with E-state index < -0.39 is 12.1 Å². The summed E-state index contributed by atoms with van der Waals surface area (Å²) in [7, 11) is 0. The van der Waals surface area contributed by atoms with Crippen LogP contribution in [0.25, 0.3) is 0 Å². The normalized spacial score (nSPS) is 15.3. The summed E-state index contributed by atoms with van der Waals surface area (Å²) in [4.78, 5) is 10.4. The number of aliphatic hydroxyl groups excluding tert-OH is 1. The van der Waals surface area contributed by atoms with Crippen molar-refractivity contribution in [3.8, 4) is 0 Å². The van der Waals surface area contributed by atoms with Crippen LogP contribution in [0.5, 0.6) is 0 Å². The molecule has 0 rings (SSSR count). The van der Waals surface area contributed by atoms with E-state index in [1.807, 2.05) is 0 Å². The topological polar surface area (TPSA) is 57.5 Å². The van der Waals surface area contributed by atoms with Gasteiger partial charge in [-0.1, -0.05) is 5.57 Å². The molecule has 0 amide bonds. The third-order valence-electron chi connectivity index (χ3n) is 1.68. The molecule has 0 aliphatic heterocycles. The van der Waals surface area contributed by atoms with E-state index in [2.05, 4.69) is 0 Å². The molecule has 0 bridgehead atoms. The lowest BCUT2D eigenvalue weighted by Gasteiger charge is -2.07. The Morgan fingerprint density at radius 2 is 2.00 bits per heavy atom. The van der Waals surface area contributed by atoms with Gasteiger partial charge in [0, 0.05) is 11.5 Å². The van der Waals surface area contributed by atoms with Gasteiger partial charge in [0.2, 0.25) is 0 Å². The first-order chi connectivity index (χ1) is 5.49. The number of aliphatic carboxylic acids is 1. The van der Waals surface area contributed by atoms with Gasteiger partial charge in [0.05, 0.1) is 6.10 Å². The minimum Gasteiger partial charge on any atom is -0.478 e. The monoisotopic (exact) mass is 192 g/mol. The molecule has 2 N–H and O–H groups in total. The number of carboxylic acid groups (broad SMARTS) is 1. The van der Waals surface area contributed by atoms with Crippen molar-refractivity contribution in [1.29, 1.82) is 0 Å². The zero-order valence-electron chi connectivity index (χ0n) is 7.17. The number of hydrogen-bond acceptors (Lipinski definition) is 2. The van der Waals surface area contributed by atoms with Crippen LogP contribution < -0.4 is 0 Å². The fourth-order valence-corrected chi connectivity index (χ4v) is 0.853. The number of aliphatic hydroxyl groups is 1. The van der Waals surface area contributed by atoms with Crippen molar-refractivity contribution in [2.24, 2.45) is 0 Å². The van der Waals surface area contributed by atoms with Crippen molar-refractivity contribution in [2.45, 2.75) is 26.4 Å². The van der Waals surface area contributed by atoms with Crippen molar-refractivity contribution in [2.75, 3.05) is 5.88 Å². The van der Waals surface area contributed by atoms with Gasteiger partial charge in [0.15, 0.2) is 0 Å². The number of rotatable bonds is 4. The summed E-state index contributed by atoms with van der Waals surface area (Å²) in [5.74, 6) is -0.821. The van der Waals surface area contributed by atoms with E-state index in [1.165, 1.54) is 6.92 Å². The van der Waals surface area contributed by atoms with Crippen molar-refractivity contribution in [1.82, 2.24) is 0 Å². The Morgan fingerprint density at radius 1 is 1.50 bits per heavy atom. The molecule has 0 radical (unpaired) electrons. The van der Waals surface area contributed by atoms with Gasteiger partial charge in [-0.05, 0) is 20.3 Å². The molecule has 0 aromatic rings. The average Bonchev–Trinajstić information content (AvgIpc) is 2.02. The van der Waals surface area contributed by atoms with Crippen LogP contribution in [0.4, 0.5) is 0 Å². The van der Waals surface area contributed by atoms with Gasteiger partial charge < -0.3 is 10.2 Å². The lowest BCUT2D eigenvalue weighted by atomic mass is 10.1. The molecule has 4 heteroatoms. The van der Waals surface area contributed by atoms with Gasteiger partial charge in [0.25, 0.3) is 0 Å². The van der Waals surface area contributed by atoms with Gasteiger partial charge in [-0.2, -0.15) is 0 Å². The van der Waals surface area contributed by atoms with E-state index in [0.29, 0.717) is 12.0 Å². The first-order valence-electron chi connectivity index (χ1n) is 3.62. The Bertz CT molecular complexity index is 198. The molecular weight excluding hydrogens is 180 g/mol. The summed E-state index contributed by atoms with van der Waals surface area (Å²) >= 11 is 5.36. The molecule has 0 aromatic carbocycles. The van der Waals surface area contributed by atoms with Crippen LogP contribution in [0.1, 0.15) is 20.3 Å². The maximum Gasteiger partial charge on any atom is 0.331 e. The second-order valence-electron chi connectivity index (χ2n) is 2.72. The Kier molecular flexibility index (Phi) is 4.93. The van der Waals surface area contributed by atoms with E-state index in [4.69, 9.17) is 21.8 Å². The number of alkyl halides is 1. The first-order valence-corrected chi connectivity index (χ1v) is 4.16. The van der Waals surface area contributed by atoms with Crippen molar-refractivity contribution in [3.63, 3.8) is 0 Å². The van der Waals surface area contributed by atoms with Gasteiger partial charge >= 0.3 is 5.97 Å². The molecule has 1 unspecified atom stereocenters. The maximum absolute atomic E-state index is 10.4. The molecule has 3 nitrogen and oxygen atoms in total. The Morgan fingerprint density at radius 3 is 2.33 bits per heavy atom. The fraction of sp³-hybridized carbons (Fsp3) is 0.625. The summed E-state index contributed by atoms with van der Waals surface area (Å²) in [5.41, 5.74) is 0.940. The van der Waals surface area contributed by atoms with Crippen LogP contribution in [-0.4, -0.2) is 28.2 Å². The average molecular weight is 193 g/mol. The van der Waals surface area contributed by atoms with Crippen LogP contribution >= 0.6 is 11.6 Å². The summed E-state index contributed by atoms with van der Waals surface area (Å²) in [6, 6.07) is 0. The first kappa shape index (κ1) is 11.5. The highest BCUT2D eigenvalue weighted by atomic mass is 35.5. The highest BCUT2D eigenvalue weighted by Crippen LogP contribution is 2.11. The van der Waals surface area contributed by atoms with Crippen LogP contribution in [0, 0.1) is 0 Å². The van der Waals surface area contributed by atoms with Gasteiger partial charge in [-0.15, -0.1) is 11.6 Å². The lowest BCUT2D eigenvalue weighted by molar-refractivity contribution is -0.132. The fourth-order valence-electron chi connectivity index (χ4n) is 0.744. The van der Waals surface area contributed by atoms with Gasteiger partial charge in [-0.3, -0.25) is 0 Å². The minimum atomic E-state index is -0.950. The molecule has 0 saturated carbocycles. The van der Waals surface area contributed by atoms with Crippen LogP contribution in [0.3, 0.4) is 0 Å². The molecule has 70 valence electrons. The van der Waals surface area contributed by atoms with E-state index in [0.717, 1.165) is 0 Å². The third-order valence-corrected chi connectivity index (χ3v) is 2.04. The van der Waals surface area contributed by atoms with Crippen molar-refractivity contribution < 1.29 is 15.0 Å². The van der Waals surface area contributed by atoms with Crippen LogP contribution in [-0.2, 0) is 4.79 Å². The van der Waals surface area contributed by atoms with Crippen LogP contribution in [0.2, 0.25) is 0 Å². The number of halogens is 1. The molecule has 0 aliphatic rings. The second-order valence-corrected chi connectivity index (χ2v) is 3.03. The number of carboxylic acids is 1. The molecule has 0 aromatic heterocycles. The van der Waals surface area contributed by atoms with Crippen molar-refractivity contribution in [3.05, 3.63) is 11.1 Å². The van der Waals surface area contributed by atoms with E-state index >= 15 is 0 Å². The predicted molar refractivity (Wildman–Crippen MR) is 47.4 cm³/mol. The van der Waals surface area contributed by atoms with Gasteiger partial charge in [0.1, 0.15) is 0 Å². The van der Waals surface area contributed by atoms with E-state index in [9.17, 15) is 4.79 Å². The summed E-state index contributed by atoms with van der Waals surface area (Å²) in [6.07, 6.45) is -0.331. The predicted octanol–water partition coefficient (Wildman–Crippen LogP) is 1.40. The molecular formula is C8H13ClO3. The Labute approximate surface area is 76.7 Å². The SMILES string of the molecule is CC(CC(O)CCl)=C(C)C(=O)O. The third kappa shape index (κ3) is 3.74. The minimum absolute atomic E-state index is 0.129. The summed E-state index contributed by atoms with van der Waals surface area (Å²) < 4.78 is 0. The molecule has 12 heavy (non-hydrogen) atoms. The number of hydrogen-bond donors (Lipinski definition) is 2. The lowest BCUT2D eigenvalue weighted by Crippen LogP contribution is -2.10. The summed E-state index contributed by atoms with van der Waals surface area (Å²) in [5, 5.41) is 17.7. The molecule has 0 saturated heterocycles. The standard InChI is InChI=1S/C8H13ClO3/c1-5(3-7(10)4-9)6(2)8(11)12/h7,10H,3-4H2,1-2H3,(H,11,12). The molecule has 0 heterocycles. The van der Waals surface area contributed by atoms with E-state index in [-0.39, 0.29) is 11.5 Å². The summed E-state index contributed by atoms with van der Waals surface area (Å²) in [6.45, 7) is 3.19. The van der Waals surface area contributed by atoms with E-state index in [1.54, 1.807) is 6.92 Å². The van der Waals surface area contributed by atoms with Crippen LogP contribution in [0.15, 0.2) is 11.1 Å². The smallest absolute Gasteiger partial charge is 0.331 e. The highest BCUT2D eigenvalue weighted by molar-refractivity contribution is 6.18. The van der Waals surface area contributed by atoms with Gasteiger partial charge in [-0.25, -0.2) is 4.79 Å². The quantitative estimate of drug-likeness (QED) is 0.523. The molecule has 0 spiro atoms. The molecule has 0 fully saturated rings. The number of carbonyl (C=O) groups is 1. The molecule has 0 aliphatic carbocycles. The highest BCUT2D eigenvalue weighted by Gasteiger charge is 2.09. The second kappa shape index (κ2) is 5.17.